The third kappa shape index (κ3) is 5.31. The predicted octanol–water partition coefficient (Wildman–Crippen LogP) is 1.77. The van der Waals surface area contributed by atoms with Crippen molar-refractivity contribution >= 4 is 11.8 Å². The van der Waals surface area contributed by atoms with E-state index < -0.39 is 0 Å². The number of nitrogens with one attached hydrogen (secondary N) is 1. The van der Waals surface area contributed by atoms with Crippen molar-refractivity contribution < 1.29 is 14.3 Å². The fourth-order valence-corrected chi connectivity index (χ4v) is 3.08. The molecular formula is C21H25N3O3. The highest BCUT2D eigenvalue weighted by molar-refractivity contribution is 5.94. The Labute approximate surface area is 159 Å². The SMILES string of the molecule is COc1ccc(CNC(=O)CN2CCN(C(=O)c3ccccc3)CC2)cc1. The summed E-state index contributed by atoms with van der Waals surface area (Å²) in [4.78, 5) is 28.6. The van der Waals surface area contributed by atoms with Gasteiger partial charge in [0.05, 0.1) is 13.7 Å². The molecule has 0 unspecified atom stereocenters. The molecule has 1 heterocycles. The van der Waals surface area contributed by atoms with Gasteiger partial charge in [0, 0.05) is 38.3 Å². The Balaban J connectivity index is 1.40. The quantitative estimate of drug-likeness (QED) is 0.845. The molecule has 1 aliphatic rings. The second-order valence-corrected chi connectivity index (χ2v) is 6.56. The number of ether oxygens (including phenoxy) is 1. The Kier molecular flexibility index (Phi) is 6.44. The highest BCUT2D eigenvalue weighted by Gasteiger charge is 2.23. The molecule has 2 amide bonds. The zero-order chi connectivity index (χ0) is 19.1. The molecule has 27 heavy (non-hydrogen) atoms. The molecule has 0 spiro atoms. The molecule has 1 N–H and O–H groups in total. The number of benzene rings is 2. The number of carbonyl (C=O) groups is 2. The summed E-state index contributed by atoms with van der Waals surface area (Å²) in [5, 5.41) is 2.94. The number of amides is 2. The van der Waals surface area contributed by atoms with Gasteiger partial charge < -0.3 is 15.0 Å². The van der Waals surface area contributed by atoms with Crippen molar-refractivity contribution in [3.8, 4) is 5.75 Å². The smallest absolute Gasteiger partial charge is 0.253 e. The van der Waals surface area contributed by atoms with Crippen molar-refractivity contribution in [3.05, 3.63) is 65.7 Å². The molecule has 2 aromatic rings. The Morgan fingerprint density at radius 1 is 0.963 bits per heavy atom. The van der Waals surface area contributed by atoms with Crippen LogP contribution >= 0.6 is 0 Å². The van der Waals surface area contributed by atoms with E-state index in [2.05, 4.69) is 10.2 Å². The van der Waals surface area contributed by atoms with Crippen LogP contribution in [-0.2, 0) is 11.3 Å². The number of piperazine rings is 1. The van der Waals surface area contributed by atoms with Crippen LogP contribution in [0.4, 0.5) is 0 Å². The van der Waals surface area contributed by atoms with Gasteiger partial charge in [-0.2, -0.15) is 0 Å². The van der Waals surface area contributed by atoms with Crippen molar-refractivity contribution in [3.63, 3.8) is 0 Å². The third-order valence-electron chi connectivity index (χ3n) is 4.70. The van der Waals surface area contributed by atoms with Crippen molar-refractivity contribution in [2.24, 2.45) is 0 Å². The van der Waals surface area contributed by atoms with E-state index in [9.17, 15) is 9.59 Å². The van der Waals surface area contributed by atoms with Gasteiger partial charge in [-0.25, -0.2) is 0 Å². The fourth-order valence-electron chi connectivity index (χ4n) is 3.08. The van der Waals surface area contributed by atoms with Crippen LogP contribution in [0.15, 0.2) is 54.6 Å². The summed E-state index contributed by atoms with van der Waals surface area (Å²) in [5.41, 5.74) is 1.74. The van der Waals surface area contributed by atoms with E-state index in [0.717, 1.165) is 11.3 Å². The van der Waals surface area contributed by atoms with Gasteiger partial charge >= 0.3 is 0 Å². The molecule has 6 heteroatoms. The second kappa shape index (κ2) is 9.19. The largest absolute Gasteiger partial charge is 0.497 e. The summed E-state index contributed by atoms with van der Waals surface area (Å²) >= 11 is 0. The lowest BCUT2D eigenvalue weighted by molar-refractivity contribution is -0.122. The predicted molar refractivity (Wildman–Crippen MR) is 104 cm³/mol. The molecule has 0 aliphatic carbocycles. The highest BCUT2D eigenvalue weighted by Crippen LogP contribution is 2.11. The third-order valence-corrected chi connectivity index (χ3v) is 4.70. The minimum Gasteiger partial charge on any atom is -0.497 e. The maximum absolute atomic E-state index is 12.5. The van der Waals surface area contributed by atoms with Gasteiger partial charge in [-0.3, -0.25) is 14.5 Å². The van der Waals surface area contributed by atoms with E-state index in [1.807, 2.05) is 59.5 Å². The second-order valence-electron chi connectivity index (χ2n) is 6.56. The standard InChI is InChI=1S/C21H25N3O3/c1-27-19-9-7-17(8-10-19)15-22-20(25)16-23-11-13-24(14-12-23)21(26)18-5-3-2-4-6-18/h2-10H,11-16H2,1H3,(H,22,25). The topological polar surface area (TPSA) is 61.9 Å². The number of methoxy groups -OCH3 is 1. The molecule has 1 aliphatic heterocycles. The maximum atomic E-state index is 12.5. The monoisotopic (exact) mass is 367 g/mol. The lowest BCUT2D eigenvalue weighted by atomic mass is 10.2. The van der Waals surface area contributed by atoms with Gasteiger partial charge in [0.2, 0.25) is 5.91 Å². The molecule has 1 fully saturated rings. The first-order valence-corrected chi connectivity index (χ1v) is 9.12. The summed E-state index contributed by atoms with van der Waals surface area (Å²) in [6.07, 6.45) is 0. The van der Waals surface area contributed by atoms with Crippen LogP contribution in [0.1, 0.15) is 15.9 Å². The van der Waals surface area contributed by atoms with E-state index in [0.29, 0.717) is 44.8 Å². The van der Waals surface area contributed by atoms with Crippen LogP contribution in [0.5, 0.6) is 5.75 Å². The maximum Gasteiger partial charge on any atom is 0.253 e. The van der Waals surface area contributed by atoms with E-state index in [1.165, 1.54) is 0 Å². The van der Waals surface area contributed by atoms with Crippen LogP contribution < -0.4 is 10.1 Å². The van der Waals surface area contributed by atoms with E-state index >= 15 is 0 Å². The Morgan fingerprint density at radius 2 is 1.63 bits per heavy atom. The van der Waals surface area contributed by atoms with Gasteiger partial charge in [0.25, 0.3) is 5.91 Å². The van der Waals surface area contributed by atoms with Crippen molar-refractivity contribution in [1.82, 2.24) is 15.1 Å². The lowest BCUT2D eigenvalue weighted by Crippen LogP contribution is -2.51. The minimum atomic E-state index is -0.00588. The molecule has 3 rings (SSSR count). The first kappa shape index (κ1) is 18.9. The molecular weight excluding hydrogens is 342 g/mol. The van der Waals surface area contributed by atoms with Crippen LogP contribution in [-0.4, -0.2) is 61.4 Å². The summed E-state index contributed by atoms with van der Waals surface area (Å²) in [5.74, 6) is 0.848. The first-order chi connectivity index (χ1) is 13.2. The molecule has 0 saturated carbocycles. The van der Waals surface area contributed by atoms with E-state index in [4.69, 9.17) is 4.74 Å². The van der Waals surface area contributed by atoms with Gasteiger partial charge in [-0.05, 0) is 29.8 Å². The molecule has 1 saturated heterocycles. The average molecular weight is 367 g/mol. The summed E-state index contributed by atoms with van der Waals surface area (Å²) in [6.45, 7) is 3.53. The number of carbonyl (C=O) groups excluding carboxylic acids is 2. The van der Waals surface area contributed by atoms with Crippen molar-refractivity contribution in [1.29, 1.82) is 0 Å². The van der Waals surface area contributed by atoms with Gasteiger partial charge in [0.15, 0.2) is 0 Å². The Hall–Kier alpha value is -2.86. The highest BCUT2D eigenvalue weighted by atomic mass is 16.5. The molecule has 0 aromatic heterocycles. The van der Waals surface area contributed by atoms with Gasteiger partial charge in [0.1, 0.15) is 5.75 Å². The summed E-state index contributed by atoms with van der Waals surface area (Å²) < 4.78 is 5.13. The van der Waals surface area contributed by atoms with Crippen LogP contribution in [0, 0.1) is 0 Å². The minimum absolute atomic E-state index is 0.00588. The summed E-state index contributed by atoms with van der Waals surface area (Å²) in [7, 11) is 1.63. The van der Waals surface area contributed by atoms with Crippen molar-refractivity contribution in [2.45, 2.75) is 6.54 Å². The first-order valence-electron chi connectivity index (χ1n) is 9.12. The van der Waals surface area contributed by atoms with E-state index in [-0.39, 0.29) is 11.8 Å². The van der Waals surface area contributed by atoms with Crippen LogP contribution in [0.3, 0.4) is 0 Å². The molecule has 0 radical (unpaired) electrons. The number of rotatable bonds is 6. The summed E-state index contributed by atoms with van der Waals surface area (Å²) in [6, 6.07) is 16.9. The molecule has 6 nitrogen and oxygen atoms in total. The number of hydrogen-bond donors (Lipinski definition) is 1. The van der Waals surface area contributed by atoms with Crippen LogP contribution in [0.25, 0.3) is 0 Å². The molecule has 2 aromatic carbocycles. The number of nitrogens with zero attached hydrogens (tertiary/aromatic N) is 2. The normalized spacial score (nSPS) is 14.6. The van der Waals surface area contributed by atoms with Gasteiger partial charge in [-0.1, -0.05) is 30.3 Å². The van der Waals surface area contributed by atoms with Gasteiger partial charge in [-0.15, -0.1) is 0 Å². The average Bonchev–Trinajstić information content (AvgIpc) is 2.73. The molecule has 0 atom stereocenters. The van der Waals surface area contributed by atoms with Crippen LogP contribution in [0.2, 0.25) is 0 Å². The number of hydrogen-bond acceptors (Lipinski definition) is 4. The zero-order valence-electron chi connectivity index (χ0n) is 15.6. The molecule has 142 valence electrons. The van der Waals surface area contributed by atoms with E-state index in [1.54, 1.807) is 7.11 Å². The fraction of sp³-hybridized carbons (Fsp3) is 0.333. The Morgan fingerprint density at radius 3 is 2.26 bits per heavy atom. The lowest BCUT2D eigenvalue weighted by Gasteiger charge is -2.34. The van der Waals surface area contributed by atoms with Crippen molar-refractivity contribution in [2.75, 3.05) is 39.8 Å². The molecule has 0 bridgehead atoms. The Bertz CT molecular complexity index is 754. The zero-order valence-corrected chi connectivity index (χ0v) is 15.6.